The number of methoxy groups -OCH3 is 1. The number of hydrogen-bond acceptors (Lipinski definition) is 5. The summed E-state index contributed by atoms with van der Waals surface area (Å²) in [6, 6.07) is 12.9. The van der Waals surface area contributed by atoms with Gasteiger partial charge in [0.15, 0.2) is 5.65 Å². The highest BCUT2D eigenvalue weighted by Crippen LogP contribution is 2.19. The molecule has 30 heavy (non-hydrogen) atoms. The topological polar surface area (TPSA) is 91.0 Å². The molecule has 1 N–H and O–H groups in total. The van der Waals surface area contributed by atoms with E-state index in [1.54, 1.807) is 36.1 Å². The number of carbonyl (C=O) groups excluding carboxylic acids is 1. The van der Waals surface area contributed by atoms with Crippen molar-refractivity contribution in [3.63, 3.8) is 0 Å². The van der Waals surface area contributed by atoms with E-state index in [0.29, 0.717) is 22.5 Å². The van der Waals surface area contributed by atoms with Crippen LogP contribution in [0.4, 0.5) is 5.69 Å². The van der Waals surface area contributed by atoms with E-state index >= 15 is 0 Å². The number of benzene rings is 2. The van der Waals surface area contributed by atoms with Gasteiger partial charge in [-0.25, -0.2) is 9.67 Å². The fourth-order valence-corrected chi connectivity index (χ4v) is 3.31. The standard InChI is InChI=1S/C22H21N5O3/c1-14-4-9-19(15(2)10-14)27-21-18(11-24-27)22(29)26(13-23-21)12-20(28)25-16-5-7-17(30-3)8-6-16/h4-11,13H,12H2,1-3H3,(H,25,28). The Balaban J connectivity index is 1.59. The van der Waals surface area contributed by atoms with Crippen molar-refractivity contribution in [2.24, 2.45) is 0 Å². The second kappa shape index (κ2) is 7.82. The van der Waals surface area contributed by atoms with Gasteiger partial charge in [0.05, 0.1) is 19.0 Å². The number of fused-ring (bicyclic) bond motifs is 1. The SMILES string of the molecule is COc1ccc(NC(=O)Cn2cnc3c(cnn3-c3ccc(C)cc3C)c2=O)cc1. The lowest BCUT2D eigenvalue weighted by atomic mass is 10.1. The zero-order chi connectivity index (χ0) is 21.3. The van der Waals surface area contributed by atoms with Crippen LogP contribution in [0.5, 0.6) is 5.75 Å². The summed E-state index contributed by atoms with van der Waals surface area (Å²) in [5, 5.41) is 7.46. The lowest BCUT2D eigenvalue weighted by molar-refractivity contribution is -0.116. The Morgan fingerprint density at radius 1 is 1.13 bits per heavy atom. The van der Waals surface area contributed by atoms with E-state index in [4.69, 9.17) is 4.74 Å². The van der Waals surface area contributed by atoms with Crippen molar-refractivity contribution in [2.45, 2.75) is 20.4 Å². The molecule has 2 heterocycles. The molecule has 0 unspecified atom stereocenters. The molecule has 0 saturated heterocycles. The number of anilines is 1. The number of nitrogens with one attached hydrogen (secondary N) is 1. The molecule has 2 aromatic carbocycles. The first-order chi connectivity index (χ1) is 14.5. The molecule has 0 aliphatic heterocycles. The molecular weight excluding hydrogens is 382 g/mol. The normalized spacial score (nSPS) is 10.9. The number of hydrogen-bond donors (Lipinski definition) is 1. The van der Waals surface area contributed by atoms with Crippen molar-refractivity contribution in [3.8, 4) is 11.4 Å². The van der Waals surface area contributed by atoms with Gasteiger partial charge < -0.3 is 10.1 Å². The fraction of sp³-hybridized carbons (Fsp3) is 0.182. The molecule has 1 amide bonds. The van der Waals surface area contributed by atoms with Crippen molar-refractivity contribution in [2.75, 3.05) is 12.4 Å². The average molecular weight is 403 g/mol. The van der Waals surface area contributed by atoms with Gasteiger partial charge in [-0.3, -0.25) is 14.2 Å². The largest absolute Gasteiger partial charge is 0.497 e. The van der Waals surface area contributed by atoms with Crippen molar-refractivity contribution in [1.29, 1.82) is 0 Å². The molecule has 2 aromatic heterocycles. The van der Waals surface area contributed by atoms with Gasteiger partial charge in [0.1, 0.15) is 24.0 Å². The Morgan fingerprint density at radius 3 is 2.60 bits per heavy atom. The smallest absolute Gasteiger partial charge is 0.264 e. The van der Waals surface area contributed by atoms with Crippen LogP contribution in [-0.4, -0.2) is 32.3 Å². The molecule has 152 valence electrons. The van der Waals surface area contributed by atoms with Gasteiger partial charge in [0, 0.05) is 5.69 Å². The maximum absolute atomic E-state index is 12.9. The first-order valence-electron chi connectivity index (χ1n) is 9.41. The van der Waals surface area contributed by atoms with Crippen LogP contribution < -0.4 is 15.6 Å². The monoisotopic (exact) mass is 403 g/mol. The van der Waals surface area contributed by atoms with Crippen molar-refractivity contribution in [1.82, 2.24) is 19.3 Å². The molecule has 8 nitrogen and oxygen atoms in total. The van der Waals surface area contributed by atoms with Crippen LogP contribution in [0.15, 0.2) is 59.8 Å². The number of amides is 1. The van der Waals surface area contributed by atoms with Crippen LogP contribution in [0.3, 0.4) is 0 Å². The molecule has 0 radical (unpaired) electrons. The second-order valence-electron chi connectivity index (χ2n) is 7.04. The summed E-state index contributed by atoms with van der Waals surface area (Å²) < 4.78 is 8.02. The molecule has 0 fully saturated rings. The quantitative estimate of drug-likeness (QED) is 0.553. The summed E-state index contributed by atoms with van der Waals surface area (Å²) in [4.78, 5) is 29.6. The molecule has 0 aliphatic rings. The van der Waals surface area contributed by atoms with Gasteiger partial charge in [-0.05, 0) is 49.7 Å². The molecule has 0 bridgehead atoms. The number of carbonyl (C=O) groups is 1. The Bertz CT molecular complexity index is 1290. The highest BCUT2D eigenvalue weighted by atomic mass is 16.5. The van der Waals surface area contributed by atoms with E-state index in [1.165, 1.54) is 17.1 Å². The fourth-order valence-electron chi connectivity index (χ4n) is 3.31. The molecule has 0 saturated carbocycles. The minimum Gasteiger partial charge on any atom is -0.497 e. The third-order valence-electron chi connectivity index (χ3n) is 4.82. The van der Waals surface area contributed by atoms with E-state index in [1.807, 2.05) is 32.0 Å². The average Bonchev–Trinajstić information content (AvgIpc) is 3.15. The second-order valence-corrected chi connectivity index (χ2v) is 7.04. The van der Waals surface area contributed by atoms with E-state index in [-0.39, 0.29) is 18.0 Å². The maximum Gasteiger partial charge on any atom is 0.264 e. The number of aryl methyl sites for hydroxylation is 2. The summed E-state index contributed by atoms with van der Waals surface area (Å²) >= 11 is 0. The Kier molecular flexibility index (Phi) is 5.05. The van der Waals surface area contributed by atoms with Crippen molar-refractivity contribution >= 4 is 22.6 Å². The van der Waals surface area contributed by atoms with Crippen LogP contribution >= 0.6 is 0 Å². The third kappa shape index (κ3) is 3.67. The van der Waals surface area contributed by atoms with Crippen LogP contribution in [0.2, 0.25) is 0 Å². The van der Waals surface area contributed by atoms with Crippen LogP contribution in [0.1, 0.15) is 11.1 Å². The molecule has 4 rings (SSSR count). The highest BCUT2D eigenvalue weighted by Gasteiger charge is 2.14. The number of rotatable bonds is 5. The first kappa shape index (κ1) is 19.4. The summed E-state index contributed by atoms with van der Waals surface area (Å²) in [5.74, 6) is 0.366. The summed E-state index contributed by atoms with van der Waals surface area (Å²) in [6.45, 7) is 3.86. The predicted molar refractivity (Wildman–Crippen MR) is 114 cm³/mol. The van der Waals surface area contributed by atoms with Gasteiger partial charge in [-0.1, -0.05) is 17.7 Å². The molecule has 0 atom stereocenters. The zero-order valence-corrected chi connectivity index (χ0v) is 16.9. The minimum atomic E-state index is -0.329. The van der Waals surface area contributed by atoms with Gasteiger partial charge in [-0.2, -0.15) is 5.10 Å². The predicted octanol–water partition coefficient (Wildman–Crippen LogP) is 2.85. The molecule has 8 heteroatoms. The van der Waals surface area contributed by atoms with E-state index in [9.17, 15) is 9.59 Å². The van der Waals surface area contributed by atoms with Crippen molar-refractivity contribution < 1.29 is 9.53 Å². The number of aromatic nitrogens is 4. The summed E-state index contributed by atoms with van der Waals surface area (Å²) in [5.41, 5.74) is 3.79. The lowest BCUT2D eigenvalue weighted by Crippen LogP contribution is -2.27. The summed E-state index contributed by atoms with van der Waals surface area (Å²) in [7, 11) is 1.57. The molecule has 0 spiro atoms. The van der Waals surface area contributed by atoms with Crippen LogP contribution in [0, 0.1) is 13.8 Å². The minimum absolute atomic E-state index is 0.150. The van der Waals surface area contributed by atoms with Crippen LogP contribution in [-0.2, 0) is 11.3 Å². The van der Waals surface area contributed by atoms with Crippen molar-refractivity contribution in [3.05, 3.63) is 76.5 Å². The Morgan fingerprint density at radius 2 is 1.90 bits per heavy atom. The van der Waals surface area contributed by atoms with E-state index in [0.717, 1.165) is 16.8 Å². The first-order valence-corrected chi connectivity index (χ1v) is 9.41. The van der Waals surface area contributed by atoms with Gasteiger partial charge in [-0.15, -0.1) is 0 Å². The van der Waals surface area contributed by atoms with Gasteiger partial charge in [0.25, 0.3) is 5.56 Å². The highest BCUT2D eigenvalue weighted by molar-refractivity contribution is 5.90. The number of nitrogens with zero attached hydrogens (tertiary/aromatic N) is 4. The molecule has 4 aromatic rings. The maximum atomic E-state index is 12.9. The Hall–Kier alpha value is -3.94. The zero-order valence-electron chi connectivity index (χ0n) is 16.9. The molecular formula is C22H21N5O3. The summed E-state index contributed by atoms with van der Waals surface area (Å²) in [6.07, 6.45) is 2.86. The third-order valence-corrected chi connectivity index (χ3v) is 4.82. The van der Waals surface area contributed by atoms with Gasteiger partial charge >= 0.3 is 0 Å². The lowest BCUT2D eigenvalue weighted by Gasteiger charge is -2.09. The number of ether oxygens (including phenoxy) is 1. The van der Waals surface area contributed by atoms with Crippen LogP contribution in [0.25, 0.3) is 16.7 Å². The van der Waals surface area contributed by atoms with E-state index < -0.39 is 0 Å². The molecule has 0 aliphatic carbocycles. The van der Waals surface area contributed by atoms with Gasteiger partial charge in [0.2, 0.25) is 5.91 Å². The van der Waals surface area contributed by atoms with E-state index in [2.05, 4.69) is 15.4 Å². The Labute approximate surface area is 172 Å².